The Kier molecular flexibility index (Phi) is 6.58. The van der Waals surface area contributed by atoms with E-state index in [4.69, 9.17) is 14.2 Å². The van der Waals surface area contributed by atoms with Crippen molar-refractivity contribution in [2.24, 2.45) is 0 Å². The molecule has 0 amide bonds. The molecule has 182 valence electrons. The van der Waals surface area contributed by atoms with E-state index in [1.54, 1.807) is 12.1 Å². The fourth-order valence-corrected chi connectivity index (χ4v) is 4.44. The molecule has 1 unspecified atom stereocenters. The lowest BCUT2D eigenvalue weighted by Crippen LogP contribution is -2.33. The molecule has 0 fully saturated rings. The fraction of sp³-hybridized carbons (Fsp3) is 0.200. The minimum absolute atomic E-state index is 0.177. The zero-order valence-corrected chi connectivity index (χ0v) is 20.3. The monoisotopic (exact) mass is 481 g/mol. The van der Waals surface area contributed by atoms with Crippen molar-refractivity contribution in [3.8, 4) is 22.6 Å². The van der Waals surface area contributed by atoms with Gasteiger partial charge in [-0.1, -0.05) is 54.6 Å². The number of fused-ring (bicyclic) bond motifs is 1. The summed E-state index contributed by atoms with van der Waals surface area (Å²) in [7, 11) is 0. The van der Waals surface area contributed by atoms with Crippen molar-refractivity contribution in [1.29, 1.82) is 0 Å². The van der Waals surface area contributed by atoms with E-state index in [0.717, 1.165) is 34.0 Å². The van der Waals surface area contributed by atoms with Gasteiger partial charge in [-0.25, -0.2) is 4.79 Å². The van der Waals surface area contributed by atoms with Crippen LogP contribution in [-0.2, 0) is 11.3 Å². The second-order valence-electron chi connectivity index (χ2n) is 8.84. The number of esters is 1. The van der Waals surface area contributed by atoms with Crippen LogP contribution in [0.25, 0.3) is 11.1 Å². The number of benzene rings is 3. The normalized spacial score (nSPS) is 14.3. The molecule has 0 saturated carbocycles. The third kappa shape index (κ3) is 4.89. The van der Waals surface area contributed by atoms with Crippen LogP contribution < -0.4 is 9.47 Å². The molecule has 3 aromatic carbocycles. The molecule has 1 aliphatic rings. The average molecular weight is 482 g/mol. The summed E-state index contributed by atoms with van der Waals surface area (Å²) in [6.07, 6.45) is -0.177. The van der Waals surface area contributed by atoms with E-state index in [-0.39, 0.29) is 18.5 Å². The molecule has 0 aliphatic carbocycles. The van der Waals surface area contributed by atoms with Gasteiger partial charge in [-0.3, -0.25) is 4.79 Å². The van der Waals surface area contributed by atoms with Crippen molar-refractivity contribution in [3.63, 3.8) is 0 Å². The number of carbonyl (C=O) groups excluding carboxylic acids is 2. The Labute approximate surface area is 210 Å². The third-order valence-electron chi connectivity index (χ3n) is 6.39. The SMILES string of the molecule is Cc1cc(C(=O)COC(=O)c2ccc(-c3ccccc3)cc2)c(C)n1CC1COc2ccccc2O1. The summed E-state index contributed by atoms with van der Waals surface area (Å²) in [6.45, 7) is 4.49. The van der Waals surface area contributed by atoms with Crippen LogP contribution >= 0.6 is 0 Å². The number of hydrogen-bond acceptors (Lipinski definition) is 5. The molecule has 1 aliphatic heterocycles. The summed E-state index contributed by atoms with van der Waals surface area (Å²) in [6, 6.07) is 26.5. The quantitative estimate of drug-likeness (QED) is 0.252. The molecule has 0 spiro atoms. The Hall–Kier alpha value is -4.32. The standard InChI is InChI=1S/C30H27NO5/c1-20-16-26(21(2)31(20)17-25-18-34-28-10-6-7-11-29(28)36-25)27(32)19-35-30(33)24-14-12-23(13-15-24)22-8-4-3-5-9-22/h3-16,25H,17-19H2,1-2H3. The molecule has 6 heteroatoms. The third-order valence-corrected chi connectivity index (χ3v) is 6.39. The number of ether oxygens (including phenoxy) is 3. The number of aromatic nitrogens is 1. The first-order valence-corrected chi connectivity index (χ1v) is 11.9. The van der Waals surface area contributed by atoms with Gasteiger partial charge in [0.2, 0.25) is 5.78 Å². The van der Waals surface area contributed by atoms with Crippen LogP contribution in [0.15, 0.2) is 84.9 Å². The topological polar surface area (TPSA) is 66.8 Å². The molecule has 1 atom stereocenters. The Balaban J connectivity index is 1.21. The highest BCUT2D eigenvalue weighted by Gasteiger charge is 2.24. The Morgan fingerprint density at radius 3 is 2.31 bits per heavy atom. The van der Waals surface area contributed by atoms with Crippen LogP contribution in [0.1, 0.15) is 32.1 Å². The Morgan fingerprint density at radius 1 is 0.889 bits per heavy atom. The molecule has 0 radical (unpaired) electrons. The lowest BCUT2D eigenvalue weighted by Gasteiger charge is -2.27. The first-order valence-electron chi connectivity index (χ1n) is 11.9. The van der Waals surface area contributed by atoms with Crippen LogP contribution in [0.2, 0.25) is 0 Å². The predicted octanol–water partition coefficient (Wildman–Crippen LogP) is 5.65. The van der Waals surface area contributed by atoms with Crippen molar-refractivity contribution in [3.05, 3.63) is 107 Å². The van der Waals surface area contributed by atoms with Crippen LogP contribution in [0, 0.1) is 13.8 Å². The highest BCUT2D eigenvalue weighted by molar-refractivity contribution is 6.00. The second kappa shape index (κ2) is 10.1. The number of para-hydroxylation sites is 2. The van der Waals surface area contributed by atoms with Gasteiger partial charge in [0.1, 0.15) is 6.61 Å². The smallest absolute Gasteiger partial charge is 0.338 e. The molecule has 1 aromatic heterocycles. The molecule has 36 heavy (non-hydrogen) atoms. The lowest BCUT2D eigenvalue weighted by atomic mass is 10.0. The highest BCUT2D eigenvalue weighted by Crippen LogP contribution is 2.31. The maximum absolute atomic E-state index is 12.9. The van der Waals surface area contributed by atoms with Gasteiger partial charge in [0.15, 0.2) is 24.2 Å². The average Bonchev–Trinajstić information content (AvgIpc) is 3.20. The number of rotatable bonds is 7. The number of nitrogens with zero attached hydrogens (tertiary/aromatic N) is 1. The minimum atomic E-state index is -0.525. The van der Waals surface area contributed by atoms with Gasteiger partial charge in [-0.05, 0) is 55.3 Å². The molecular weight excluding hydrogens is 454 g/mol. The van der Waals surface area contributed by atoms with Crippen LogP contribution in [0.3, 0.4) is 0 Å². The van der Waals surface area contributed by atoms with Gasteiger partial charge in [0, 0.05) is 17.0 Å². The van der Waals surface area contributed by atoms with Crippen LogP contribution in [-0.4, -0.2) is 35.6 Å². The summed E-state index contributed by atoms with van der Waals surface area (Å²) >= 11 is 0. The van der Waals surface area contributed by atoms with Gasteiger partial charge in [0.05, 0.1) is 12.1 Å². The number of aryl methyl sites for hydroxylation is 1. The molecular formula is C30H27NO5. The van der Waals surface area contributed by atoms with E-state index in [1.165, 1.54) is 0 Å². The summed E-state index contributed by atoms with van der Waals surface area (Å²) in [4.78, 5) is 25.5. The van der Waals surface area contributed by atoms with E-state index in [2.05, 4.69) is 0 Å². The lowest BCUT2D eigenvalue weighted by molar-refractivity contribution is 0.0474. The largest absolute Gasteiger partial charge is 0.486 e. The summed E-state index contributed by atoms with van der Waals surface area (Å²) in [5.41, 5.74) is 4.76. The van der Waals surface area contributed by atoms with Crippen LogP contribution in [0.4, 0.5) is 0 Å². The van der Waals surface area contributed by atoms with Crippen molar-refractivity contribution in [1.82, 2.24) is 4.57 Å². The van der Waals surface area contributed by atoms with E-state index in [9.17, 15) is 9.59 Å². The van der Waals surface area contributed by atoms with Gasteiger partial charge >= 0.3 is 5.97 Å². The molecule has 6 nitrogen and oxygen atoms in total. The van der Waals surface area contributed by atoms with Crippen molar-refractivity contribution in [2.75, 3.05) is 13.2 Å². The molecule has 0 N–H and O–H groups in total. The molecule has 4 aromatic rings. The molecule has 2 heterocycles. The van der Waals surface area contributed by atoms with Gasteiger partial charge in [-0.2, -0.15) is 0 Å². The van der Waals surface area contributed by atoms with E-state index >= 15 is 0 Å². The van der Waals surface area contributed by atoms with Crippen molar-refractivity contribution >= 4 is 11.8 Å². The van der Waals surface area contributed by atoms with E-state index in [0.29, 0.717) is 24.3 Å². The van der Waals surface area contributed by atoms with Gasteiger partial charge in [0.25, 0.3) is 0 Å². The molecule has 5 rings (SSSR count). The number of carbonyl (C=O) groups is 2. The molecule has 0 saturated heterocycles. The number of Topliss-reactive ketones (excluding diaryl/α,β-unsaturated/α-hetero) is 1. The van der Waals surface area contributed by atoms with Crippen molar-refractivity contribution in [2.45, 2.75) is 26.5 Å². The second-order valence-corrected chi connectivity index (χ2v) is 8.84. The summed E-state index contributed by atoms with van der Waals surface area (Å²) in [5.74, 6) is 0.691. The Morgan fingerprint density at radius 2 is 1.56 bits per heavy atom. The van der Waals surface area contributed by atoms with E-state index in [1.807, 2.05) is 91.2 Å². The maximum atomic E-state index is 12.9. The maximum Gasteiger partial charge on any atom is 0.338 e. The fourth-order valence-electron chi connectivity index (χ4n) is 4.44. The minimum Gasteiger partial charge on any atom is -0.486 e. The number of ketones is 1. The summed E-state index contributed by atoms with van der Waals surface area (Å²) < 4.78 is 19.3. The zero-order chi connectivity index (χ0) is 25.1. The Bertz CT molecular complexity index is 1390. The van der Waals surface area contributed by atoms with Crippen molar-refractivity contribution < 1.29 is 23.8 Å². The highest BCUT2D eigenvalue weighted by atomic mass is 16.6. The zero-order valence-electron chi connectivity index (χ0n) is 20.3. The first-order chi connectivity index (χ1) is 17.5. The van der Waals surface area contributed by atoms with Gasteiger partial charge < -0.3 is 18.8 Å². The first kappa shape index (κ1) is 23.4. The summed E-state index contributed by atoms with van der Waals surface area (Å²) in [5, 5.41) is 0. The number of hydrogen-bond donors (Lipinski definition) is 0. The van der Waals surface area contributed by atoms with Crippen LogP contribution in [0.5, 0.6) is 11.5 Å². The molecule has 0 bridgehead atoms. The van der Waals surface area contributed by atoms with Gasteiger partial charge in [-0.15, -0.1) is 0 Å². The predicted molar refractivity (Wildman–Crippen MR) is 137 cm³/mol. The van der Waals surface area contributed by atoms with E-state index < -0.39 is 5.97 Å².